The number of fused-ring (bicyclic) bond motifs is 4. The van der Waals surface area contributed by atoms with Crippen molar-refractivity contribution in [3.63, 3.8) is 0 Å². The second-order valence-corrected chi connectivity index (χ2v) is 10.9. The van der Waals surface area contributed by atoms with E-state index in [1.807, 2.05) is 0 Å². The van der Waals surface area contributed by atoms with Crippen LogP contribution in [0.25, 0.3) is 89.1 Å². The lowest BCUT2D eigenvalue weighted by molar-refractivity contribution is 1.02. The molecule has 0 saturated heterocycles. The molecule has 0 spiro atoms. The molecule has 0 fully saturated rings. The zero-order valence-electron chi connectivity index (χ0n) is 23.5. The van der Waals surface area contributed by atoms with E-state index in [-0.39, 0.29) is 0 Å². The average Bonchev–Trinajstić information content (AvgIpc) is 3.43. The minimum Gasteiger partial charge on any atom is -0.234 e. The van der Waals surface area contributed by atoms with Crippen molar-refractivity contribution in [2.24, 2.45) is 0 Å². The fourth-order valence-electron chi connectivity index (χ4n) is 6.75. The molecule has 2 heterocycles. The van der Waals surface area contributed by atoms with Crippen LogP contribution in [-0.4, -0.2) is 24.9 Å². The van der Waals surface area contributed by atoms with E-state index in [1.54, 1.807) is 24.8 Å². The van der Waals surface area contributed by atoms with Crippen LogP contribution in [0, 0.1) is 0 Å². The topological polar surface area (TPSA) is 64.5 Å². The van der Waals surface area contributed by atoms with Gasteiger partial charge in [-0.05, 0) is 78.2 Å². The maximum absolute atomic E-state index is 4.82. The summed E-state index contributed by atoms with van der Waals surface area (Å²) in [6.07, 6.45) is 4.93. The molecule has 0 bridgehead atoms. The molecule has 5 heteroatoms. The molecule has 0 amide bonds. The molecule has 0 atom stereocenters. The Balaban J connectivity index is 1.39. The van der Waals surface area contributed by atoms with Gasteiger partial charge in [-0.25, -0.2) is 24.9 Å². The summed E-state index contributed by atoms with van der Waals surface area (Å²) in [5.41, 5.74) is 10.8. The van der Waals surface area contributed by atoms with Crippen molar-refractivity contribution in [3.8, 4) is 67.5 Å². The number of hydrogen-bond acceptors (Lipinski definition) is 5. The van der Waals surface area contributed by atoms with Gasteiger partial charge in [0.15, 0.2) is 11.6 Å². The van der Waals surface area contributed by atoms with Crippen LogP contribution in [0.1, 0.15) is 0 Å². The van der Waals surface area contributed by atoms with E-state index in [2.05, 4.69) is 135 Å². The Hall–Kier alpha value is -6.07. The third-order valence-corrected chi connectivity index (χ3v) is 8.50. The Morgan fingerprint density at radius 2 is 0.886 bits per heavy atom. The van der Waals surface area contributed by atoms with E-state index in [9.17, 15) is 0 Å². The van der Waals surface area contributed by atoms with Gasteiger partial charge in [0, 0.05) is 18.0 Å². The predicted molar refractivity (Wildman–Crippen MR) is 177 cm³/mol. The molecule has 1 aliphatic rings. The third-order valence-electron chi connectivity index (χ3n) is 8.50. The van der Waals surface area contributed by atoms with Gasteiger partial charge in [-0.2, -0.15) is 0 Å². The first-order valence-electron chi connectivity index (χ1n) is 14.6. The normalized spacial score (nSPS) is 11.6. The Kier molecular flexibility index (Phi) is 5.43. The summed E-state index contributed by atoms with van der Waals surface area (Å²) in [6.45, 7) is 0. The van der Waals surface area contributed by atoms with E-state index in [0.717, 1.165) is 10.9 Å². The number of hydrogen-bond donors (Lipinski definition) is 0. The first-order chi connectivity index (χ1) is 21.9. The number of nitrogens with zero attached hydrogens (tertiary/aromatic N) is 5. The van der Waals surface area contributed by atoms with Crippen molar-refractivity contribution < 1.29 is 0 Å². The zero-order chi connectivity index (χ0) is 29.0. The van der Waals surface area contributed by atoms with Crippen molar-refractivity contribution in [1.29, 1.82) is 0 Å². The van der Waals surface area contributed by atoms with Gasteiger partial charge in [-0.3, -0.25) is 0 Å². The highest BCUT2D eigenvalue weighted by Gasteiger charge is 2.31. The van der Waals surface area contributed by atoms with E-state index >= 15 is 0 Å². The largest absolute Gasteiger partial charge is 0.234 e. The van der Waals surface area contributed by atoms with Crippen LogP contribution < -0.4 is 0 Å². The van der Waals surface area contributed by atoms with E-state index in [0.29, 0.717) is 17.5 Å². The molecule has 0 saturated carbocycles. The number of benzene rings is 6. The lowest BCUT2D eigenvalue weighted by Crippen LogP contribution is -1.98. The van der Waals surface area contributed by atoms with Gasteiger partial charge in [0.2, 0.25) is 5.82 Å². The molecule has 0 N–H and O–H groups in total. The molecule has 6 aromatic carbocycles. The molecule has 0 aliphatic heterocycles. The summed E-state index contributed by atoms with van der Waals surface area (Å²) in [4.78, 5) is 22.5. The average molecular weight is 562 g/mol. The monoisotopic (exact) mass is 561 g/mol. The first-order valence-corrected chi connectivity index (χ1v) is 14.6. The van der Waals surface area contributed by atoms with Crippen LogP contribution in [0.5, 0.6) is 0 Å². The Bertz CT molecular complexity index is 2280. The predicted octanol–water partition coefficient (Wildman–Crippen LogP) is 9.28. The number of aromatic nitrogens is 5. The second-order valence-electron chi connectivity index (χ2n) is 10.9. The Labute approximate surface area is 253 Å². The van der Waals surface area contributed by atoms with Gasteiger partial charge in [0.1, 0.15) is 6.33 Å². The van der Waals surface area contributed by atoms with Crippen LogP contribution in [0.2, 0.25) is 0 Å². The van der Waals surface area contributed by atoms with E-state index < -0.39 is 0 Å². The van der Waals surface area contributed by atoms with Gasteiger partial charge < -0.3 is 0 Å². The van der Waals surface area contributed by atoms with Crippen molar-refractivity contribution in [1.82, 2.24) is 24.9 Å². The lowest BCUT2D eigenvalue weighted by Gasteiger charge is -2.20. The highest BCUT2D eigenvalue weighted by molar-refractivity contribution is 6.28. The summed E-state index contributed by atoms with van der Waals surface area (Å²) < 4.78 is 0. The fraction of sp³-hybridized carbons (Fsp3) is 0. The highest BCUT2D eigenvalue weighted by Crippen LogP contribution is 2.58. The lowest BCUT2D eigenvalue weighted by atomic mass is 9.82. The van der Waals surface area contributed by atoms with Gasteiger partial charge >= 0.3 is 0 Å². The molecule has 204 valence electrons. The minimum absolute atomic E-state index is 0.450. The first kappa shape index (κ1) is 24.5. The highest BCUT2D eigenvalue weighted by atomic mass is 15.0. The van der Waals surface area contributed by atoms with Gasteiger partial charge in [0.25, 0.3) is 0 Å². The van der Waals surface area contributed by atoms with Crippen LogP contribution in [0.15, 0.2) is 140 Å². The van der Waals surface area contributed by atoms with Crippen LogP contribution in [0.3, 0.4) is 0 Å². The molecule has 0 unspecified atom stereocenters. The Morgan fingerprint density at radius 1 is 0.341 bits per heavy atom. The molecule has 8 aromatic rings. The molecule has 5 nitrogen and oxygen atoms in total. The molecule has 1 aliphatic carbocycles. The maximum atomic E-state index is 4.82. The van der Waals surface area contributed by atoms with E-state index in [1.165, 1.54) is 60.7 Å². The summed E-state index contributed by atoms with van der Waals surface area (Å²) in [7, 11) is 0. The summed E-state index contributed by atoms with van der Waals surface area (Å²) >= 11 is 0. The van der Waals surface area contributed by atoms with Crippen molar-refractivity contribution in [2.45, 2.75) is 0 Å². The van der Waals surface area contributed by atoms with Crippen LogP contribution in [-0.2, 0) is 0 Å². The van der Waals surface area contributed by atoms with Crippen molar-refractivity contribution >= 4 is 21.5 Å². The molecular weight excluding hydrogens is 538 g/mol. The van der Waals surface area contributed by atoms with Gasteiger partial charge in [-0.1, -0.05) is 109 Å². The third kappa shape index (κ3) is 3.63. The molecule has 9 rings (SSSR count). The van der Waals surface area contributed by atoms with Gasteiger partial charge in [0.05, 0.1) is 0 Å². The van der Waals surface area contributed by atoms with Crippen molar-refractivity contribution in [3.05, 3.63) is 140 Å². The van der Waals surface area contributed by atoms with Crippen LogP contribution in [0.4, 0.5) is 0 Å². The summed E-state index contributed by atoms with van der Waals surface area (Å²) in [6, 6.07) is 43.1. The zero-order valence-corrected chi connectivity index (χ0v) is 23.5. The van der Waals surface area contributed by atoms with E-state index in [4.69, 9.17) is 4.98 Å². The Morgan fingerprint density at radius 3 is 1.55 bits per heavy atom. The summed E-state index contributed by atoms with van der Waals surface area (Å²) in [5, 5.41) is 4.80. The summed E-state index contributed by atoms with van der Waals surface area (Å²) in [5.74, 6) is 1.52. The fourth-order valence-corrected chi connectivity index (χ4v) is 6.75. The smallest absolute Gasteiger partial charge is 0.201 e. The molecule has 2 aromatic heterocycles. The maximum Gasteiger partial charge on any atom is 0.201 e. The minimum atomic E-state index is 0.450. The molecule has 44 heavy (non-hydrogen) atoms. The van der Waals surface area contributed by atoms with Gasteiger partial charge in [-0.15, -0.1) is 0 Å². The second kappa shape index (κ2) is 9.75. The SMILES string of the molecule is c1ccc(-c2c3c(c(-c4ccccc4)c4ccccc24)-c2ccc(-c4ncnc(-c5ncccn5)n4)c4cccc-3c24)cc1. The standard InChI is InChI=1S/C39H23N5/c1-3-11-24(12-4-1)32-26-15-7-8-16-27(26)33(25-13-5-2-6-14-25)36-31-20-19-29(28-17-9-18-30(34(28)31)35(32)36)37-42-23-43-39(44-37)38-40-21-10-22-41-38/h1-23H. The van der Waals surface area contributed by atoms with Crippen molar-refractivity contribution in [2.75, 3.05) is 0 Å². The number of rotatable bonds is 4. The van der Waals surface area contributed by atoms with Crippen LogP contribution >= 0.6 is 0 Å². The molecular formula is C39H23N5. The quantitative estimate of drug-likeness (QED) is 0.214. The molecule has 0 radical (unpaired) electrons.